The van der Waals surface area contributed by atoms with Crippen LogP contribution in [0, 0.1) is 0 Å². The molecule has 0 unspecified atom stereocenters. The molecule has 0 saturated carbocycles. The summed E-state index contributed by atoms with van der Waals surface area (Å²) in [5.74, 6) is -1.55. The number of sulfone groups is 1. The zero-order valence-corrected chi connectivity index (χ0v) is 17.0. The van der Waals surface area contributed by atoms with Crippen LogP contribution in [0.2, 0.25) is 0 Å². The van der Waals surface area contributed by atoms with Crippen LogP contribution in [-0.4, -0.2) is 32.6 Å². The van der Waals surface area contributed by atoms with Crippen LogP contribution in [0.3, 0.4) is 0 Å². The molecule has 8 heteroatoms. The Kier molecular flexibility index (Phi) is 7.51. The largest absolute Gasteiger partial charge is 0.352 e. The topological polar surface area (TPSA) is 109 Å². The van der Waals surface area contributed by atoms with Crippen LogP contribution in [0.15, 0.2) is 34.2 Å². The maximum absolute atomic E-state index is 12.6. The van der Waals surface area contributed by atoms with E-state index in [1.165, 1.54) is 44.4 Å². The van der Waals surface area contributed by atoms with Gasteiger partial charge in [-0.05, 0) is 24.6 Å². The zero-order chi connectivity index (χ0) is 20.7. The average molecular weight is 407 g/mol. The molecule has 0 aromatic heterocycles. The van der Waals surface area contributed by atoms with Crippen molar-refractivity contribution in [2.75, 3.05) is 6.54 Å². The second-order valence-corrected chi connectivity index (χ2v) is 8.66. The standard InChI is InChI=1S/C20H26N2O5S/c1-3-4-5-6-7-8-11-21-20(25)15-9-10-16-17(12-15)28(26,27)18(19(16)24)13-22-14(2)23/h9-10,12-13H,3-8,11H2,1-2H3,(H,21,25)(H,22,23). The van der Waals surface area contributed by atoms with Crippen molar-refractivity contribution in [3.05, 3.63) is 40.4 Å². The van der Waals surface area contributed by atoms with Crippen LogP contribution in [-0.2, 0) is 14.6 Å². The molecule has 0 bridgehead atoms. The summed E-state index contributed by atoms with van der Waals surface area (Å²) in [6.45, 7) is 3.88. The van der Waals surface area contributed by atoms with Gasteiger partial charge in [0.2, 0.25) is 21.5 Å². The minimum atomic E-state index is -4.07. The highest BCUT2D eigenvalue weighted by atomic mass is 32.2. The summed E-state index contributed by atoms with van der Waals surface area (Å²) in [6, 6.07) is 3.99. The molecule has 1 aliphatic heterocycles. The van der Waals surface area contributed by atoms with Gasteiger partial charge in [-0.1, -0.05) is 39.0 Å². The summed E-state index contributed by atoms with van der Waals surface area (Å²) in [5.41, 5.74) is 0.186. The Labute approximate surface area is 165 Å². The Morgan fingerprint density at radius 2 is 1.75 bits per heavy atom. The van der Waals surface area contributed by atoms with Crippen molar-refractivity contribution in [1.82, 2.24) is 10.6 Å². The lowest BCUT2D eigenvalue weighted by Gasteiger charge is -2.06. The second kappa shape index (κ2) is 9.64. The van der Waals surface area contributed by atoms with Crippen molar-refractivity contribution in [3.63, 3.8) is 0 Å². The van der Waals surface area contributed by atoms with Gasteiger partial charge in [0.25, 0.3) is 5.91 Å². The van der Waals surface area contributed by atoms with Gasteiger partial charge in [-0.25, -0.2) is 8.42 Å². The summed E-state index contributed by atoms with van der Waals surface area (Å²) >= 11 is 0. The number of nitrogens with one attached hydrogen (secondary N) is 2. The molecular weight excluding hydrogens is 380 g/mol. The number of carbonyl (C=O) groups excluding carboxylic acids is 3. The van der Waals surface area contributed by atoms with Gasteiger partial charge in [-0.3, -0.25) is 14.4 Å². The summed E-state index contributed by atoms with van der Waals surface area (Å²) in [6.07, 6.45) is 7.51. The minimum absolute atomic E-state index is 0.00377. The lowest BCUT2D eigenvalue weighted by atomic mass is 10.1. The fraction of sp³-hybridized carbons (Fsp3) is 0.450. The number of amides is 2. The molecule has 1 aliphatic rings. The number of carbonyl (C=O) groups is 3. The van der Waals surface area contributed by atoms with E-state index in [4.69, 9.17) is 0 Å². The van der Waals surface area contributed by atoms with Crippen molar-refractivity contribution in [2.24, 2.45) is 0 Å². The number of allylic oxidation sites excluding steroid dienone is 1. The quantitative estimate of drug-likeness (QED) is 0.484. The number of hydrogen-bond acceptors (Lipinski definition) is 5. The predicted molar refractivity (Wildman–Crippen MR) is 106 cm³/mol. The number of benzene rings is 1. The molecule has 0 spiro atoms. The van der Waals surface area contributed by atoms with Crippen molar-refractivity contribution in [3.8, 4) is 0 Å². The number of hydrogen-bond donors (Lipinski definition) is 2. The molecule has 152 valence electrons. The van der Waals surface area contributed by atoms with Crippen molar-refractivity contribution >= 4 is 27.4 Å². The number of rotatable bonds is 9. The molecule has 0 saturated heterocycles. The van der Waals surface area contributed by atoms with Crippen LogP contribution in [0.1, 0.15) is 73.1 Å². The summed E-state index contributed by atoms with van der Waals surface area (Å²) in [7, 11) is -4.07. The number of ketones is 1. The van der Waals surface area contributed by atoms with Gasteiger partial charge in [-0.15, -0.1) is 0 Å². The van der Waals surface area contributed by atoms with Gasteiger partial charge in [0.05, 0.1) is 4.90 Å². The fourth-order valence-corrected chi connectivity index (χ4v) is 4.50. The number of unbranched alkanes of at least 4 members (excludes halogenated alkanes) is 5. The first-order valence-corrected chi connectivity index (χ1v) is 11.0. The monoisotopic (exact) mass is 406 g/mol. The van der Waals surface area contributed by atoms with E-state index in [2.05, 4.69) is 17.6 Å². The van der Waals surface area contributed by atoms with Crippen LogP contribution in [0.5, 0.6) is 0 Å². The van der Waals surface area contributed by atoms with Crippen LogP contribution >= 0.6 is 0 Å². The van der Waals surface area contributed by atoms with Gasteiger partial charge < -0.3 is 10.6 Å². The Balaban J connectivity index is 2.05. The van der Waals surface area contributed by atoms with Crippen molar-refractivity contribution in [1.29, 1.82) is 0 Å². The van der Waals surface area contributed by atoms with E-state index in [1.54, 1.807) is 0 Å². The van der Waals surface area contributed by atoms with Gasteiger partial charge in [0, 0.05) is 30.8 Å². The molecule has 0 aliphatic carbocycles. The average Bonchev–Trinajstić information content (AvgIpc) is 2.84. The highest BCUT2D eigenvalue weighted by Gasteiger charge is 2.39. The zero-order valence-electron chi connectivity index (χ0n) is 16.2. The molecule has 7 nitrogen and oxygen atoms in total. The minimum Gasteiger partial charge on any atom is -0.352 e. The van der Waals surface area contributed by atoms with Crippen molar-refractivity contribution < 1.29 is 22.8 Å². The van der Waals surface area contributed by atoms with Gasteiger partial charge in [-0.2, -0.15) is 0 Å². The molecule has 1 heterocycles. The fourth-order valence-electron chi connectivity index (χ4n) is 2.97. The van der Waals surface area contributed by atoms with E-state index in [9.17, 15) is 22.8 Å². The number of fused-ring (bicyclic) bond motifs is 1. The van der Waals surface area contributed by atoms with Crippen LogP contribution in [0.4, 0.5) is 0 Å². The Morgan fingerprint density at radius 1 is 1.07 bits per heavy atom. The van der Waals surface area contributed by atoms with Gasteiger partial charge in [0.1, 0.15) is 4.91 Å². The third-order valence-corrected chi connectivity index (χ3v) is 6.31. The van der Waals surface area contributed by atoms with E-state index >= 15 is 0 Å². The summed E-state index contributed by atoms with van der Waals surface area (Å²) < 4.78 is 25.2. The van der Waals surface area contributed by atoms with E-state index in [0.29, 0.717) is 6.54 Å². The van der Waals surface area contributed by atoms with Crippen LogP contribution < -0.4 is 10.6 Å². The van der Waals surface area contributed by atoms with E-state index in [0.717, 1.165) is 25.5 Å². The Morgan fingerprint density at radius 3 is 2.43 bits per heavy atom. The van der Waals surface area contributed by atoms with E-state index in [1.807, 2.05) is 0 Å². The molecule has 2 N–H and O–H groups in total. The second-order valence-electron chi connectivity index (χ2n) is 6.78. The molecule has 0 radical (unpaired) electrons. The highest BCUT2D eigenvalue weighted by molar-refractivity contribution is 7.97. The highest BCUT2D eigenvalue weighted by Crippen LogP contribution is 2.34. The number of Topliss-reactive ketones (excluding diaryl/α,β-unsaturated/α-hetero) is 1. The summed E-state index contributed by atoms with van der Waals surface area (Å²) in [5, 5.41) is 5.00. The maximum Gasteiger partial charge on any atom is 0.251 e. The Hall–Kier alpha value is -2.48. The van der Waals surface area contributed by atoms with Gasteiger partial charge >= 0.3 is 0 Å². The van der Waals surface area contributed by atoms with Gasteiger partial charge in [0.15, 0.2) is 0 Å². The normalized spacial score (nSPS) is 16.1. The molecule has 2 rings (SSSR count). The molecule has 28 heavy (non-hydrogen) atoms. The maximum atomic E-state index is 12.6. The van der Waals surface area contributed by atoms with E-state index in [-0.39, 0.29) is 21.9 Å². The SMILES string of the molecule is CCCCCCCCNC(=O)c1ccc2c(c1)S(=O)(=O)C(=CNC(C)=O)C2=O. The first-order chi connectivity index (χ1) is 13.3. The predicted octanol–water partition coefficient (Wildman–Crippen LogP) is 2.72. The van der Waals surface area contributed by atoms with Crippen LogP contribution in [0.25, 0.3) is 0 Å². The molecule has 0 fully saturated rings. The van der Waals surface area contributed by atoms with E-state index < -0.39 is 26.4 Å². The summed E-state index contributed by atoms with van der Waals surface area (Å²) in [4.78, 5) is 34.9. The smallest absolute Gasteiger partial charge is 0.251 e. The molecule has 1 aromatic carbocycles. The lowest BCUT2D eigenvalue weighted by Crippen LogP contribution is -2.24. The first kappa shape index (κ1) is 21.8. The third-order valence-electron chi connectivity index (χ3n) is 4.51. The first-order valence-electron chi connectivity index (χ1n) is 9.48. The lowest BCUT2D eigenvalue weighted by molar-refractivity contribution is -0.118. The molecule has 2 amide bonds. The molecule has 1 aromatic rings. The molecular formula is C20H26N2O5S. The molecule has 0 atom stereocenters. The third kappa shape index (κ3) is 5.07. The Bertz CT molecular complexity index is 903. The van der Waals surface area contributed by atoms with Crippen molar-refractivity contribution in [2.45, 2.75) is 57.3 Å².